The van der Waals surface area contributed by atoms with Crippen LogP contribution in [0, 0.1) is 5.41 Å². The lowest BCUT2D eigenvalue weighted by molar-refractivity contribution is -0.192. The van der Waals surface area contributed by atoms with Crippen LogP contribution in [-0.2, 0) is 16.0 Å². The van der Waals surface area contributed by atoms with Crippen molar-refractivity contribution in [3.63, 3.8) is 0 Å². The first-order chi connectivity index (χ1) is 20.5. The Morgan fingerprint density at radius 3 is 2.07 bits per heavy atom. The van der Waals surface area contributed by atoms with Crippen LogP contribution in [-0.4, -0.2) is 29.0 Å². The van der Waals surface area contributed by atoms with E-state index in [0.29, 0.717) is 23.4 Å². The fourth-order valence-corrected chi connectivity index (χ4v) is 5.14. The number of carboxylic acid groups (broad SMARTS) is 1. The van der Waals surface area contributed by atoms with E-state index >= 15 is 0 Å². The van der Waals surface area contributed by atoms with Gasteiger partial charge in [0.15, 0.2) is 0 Å². The van der Waals surface area contributed by atoms with Crippen LogP contribution < -0.4 is 15.8 Å². The number of alkyl halides is 3. The largest absolute Gasteiger partial charge is 0.490 e. The van der Waals surface area contributed by atoms with Gasteiger partial charge in [0.05, 0.1) is 5.92 Å². The van der Waals surface area contributed by atoms with Crippen molar-refractivity contribution in [1.29, 1.82) is 5.41 Å². The van der Waals surface area contributed by atoms with Gasteiger partial charge in [0.1, 0.15) is 17.3 Å². The second-order valence-electron chi connectivity index (χ2n) is 9.29. The van der Waals surface area contributed by atoms with E-state index in [1.54, 1.807) is 11.3 Å². The minimum Gasteiger partial charge on any atom is -0.475 e. The van der Waals surface area contributed by atoms with Gasteiger partial charge in [-0.3, -0.25) is 10.2 Å². The zero-order chi connectivity index (χ0) is 31.0. The Kier molecular flexibility index (Phi) is 9.79. The van der Waals surface area contributed by atoms with Crippen molar-refractivity contribution >= 4 is 44.8 Å². The maximum atomic E-state index is 13.6. The third kappa shape index (κ3) is 8.43. The Morgan fingerprint density at radius 2 is 1.49 bits per heavy atom. The van der Waals surface area contributed by atoms with Crippen LogP contribution >= 0.6 is 11.3 Å². The number of rotatable bonds is 8. The number of thiophene rings is 1. The number of fused-ring (bicyclic) bond motifs is 1. The zero-order valence-corrected chi connectivity index (χ0v) is 23.3. The highest BCUT2D eigenvalue weighted by atomic mass is 32.1. The second-order valence-corrected chi connectivity index (χ2v) is 10.2. The number of carbonyl (C=O) groups excluding carboxylic acids is 1. The van der Waals surface area contributed by atoms with E-state index in [2.05, 4.69) is 5.32 Å². The van der Waals surface area contributed by atoms with Crippen molar-refractivity contribution in [2.45, 2.75) is 18.5 Å². The third-order valence-electron chi connectivity index (χ3n) is 6.23. The lowest BCUT2D eigenvalue weighted by Gasteiger charge is -2.18. The molecule has 220 valence electrons. The molecule has 0 saturated heterocycles. The van der Waals surface area contributed by atoms with E-state index in [4.69, 9.17) is 25.8 Å². The highest BCUT2D eigenvalue weighted by Gasteiger charge is 2.38. The maximum Gasteiger partial charge on any atom is 0.490 e. The molecule has 5 aromatic rings. The van der Waals surface area contributed by atoms with E-state index in [9.17, 15) is 18.0 Å². The Balaban J connectivity index is 0.000000541. The first-order valence-electron chi connectivity index (χ1n) is 12.8. The van der Waals surface area contributed by atoms with Crippen molar-refractivity contribution in [3.05, 3.63) is 125 Å². The average molecular weight is 606 g/mol. The number of amides is 1. The van der Waals surface area contributed by atoms with E-state index < -0.39 is 18.1 Å². The van der Waals surface area contributed by atoms with Gasteiger partial charge in [-0.15, -0.1) is 11.3 Å². The zero-order valence-electron chi connectivity index (χ0n) is 22.5. The summed E-state index contributed by atoms with van der Waals surface area (Å²) in [5.74, 6) is -1.80. The van der Waals surface area contributed by atoms with E-state index in [-0.39, 0.29) is 11.7 Å². The molecule has 0 bridgehead atoms. The molecule has 5 rings (SSSR count). The van der Waals surface area contributed by atoms with Crippen LogP contribution in [0.25, 0.3) is 10.1 Å². The maximum absolute atomic E-state index is 13.6. The van der Waals surface area contributed by atoms with Crippen molar-refractivity contribution < 1.29 is 32.6 Å². The molecule has 1 unspecified atom stereocenters. The summed E-state index contributed by atoms with van der Waals surface area (Å²) < 4.78 is 38.7. The van der Waals surface area contributed by atoms with Crippen molar-refractivity contribution in [2.75, 3.05) is 5.32 Å². The minimum atomic E-state index is -5.08. The SMILES string of the molecule is N=C(N)c1ccc2scc(C(Cc3ccccc3)C(=O)Nc3ccc(Oc4ccccc4)cc3)c2c1.O=C(O)C(F)(F)F. The smallest absolute Gasteiger partial charge is 0.475 e. The van der Waals surface area contributed by atoms with Crippen LogP contribution in [0.5, 0.6) is 11.5 Å². The molecule has 1 atom stereocenters. The summed E-state index contributed by atoms with van der Waals surface area (Å²) in [7, 11) is 0. The number of aliphatic carboxylic acids is 1. The van der Waals surface area contributed by atoms with E-state index in [0.717, 1.165) is 27.0 Å². The predicted octanol–water partition coefficient (Wildman–Crippen LogP) is 7.58. The number of ether oxygens (including phenoxy) is 1. The normalized spacial score (nSPS) is 11.6. The molecule has 0 saturated carbocycles. The highest BCUT2D eigenvalue weighted by Crippen LogP contribution is 2.35. The molecule has 0 fully saturated rings. The van der Waals surface area contributed by atoms with Crippen LogP contribution in [0.2, 0.25) is 0 Å². The number of para-hydroxylation sites is 1. The molecule has 0 aliphatic rings. The van der Waals surface area contributed by atoms with Crippen molar-refractivity contribution in [2.24, 2.45) is 5.73 Å². The number of nitrogen functional groups attached to an aromatic ring is 1. The molecule has 0 spiro atoms. The van der Waals surface area contributed by atoms with Gasteiger partial charge in [0.2, 0.25) is 5.91 Å². The van der Waals surface area contributed by atoms with Gasteiger partial charge in [-0.1, -0.05) is 48.5 Å². The molecule has 1 aromatic heterocycles. The Hall–Kier alpha value is -5.16. The van der Waals surface area contributed by atoms with Gasteiger partial charge in [-0.2, -0.15) is 13.2 Å². The molecular formula is C32H26F3N3O4S. The number of carboxylic acids is 1. The Morgan fingerprint density at radius 1 is 0.907 bits per heavy atom. The first kappa shape index (κ1) is 30.8. The summed E-state index contributed by atoms with van der Waals surface area (Å²) in [5, 5.41) is 21.0. The summed E-state index contributed by atoms with van der Waals surface area (Å²) in [6.07, 6.45) is -4.53. The standard InChI is InChI=1S/C30H25N3O2S.C2HF3O2/c31-29(32)21-11-16-28-25(18-21)27(19-36-28)26(17-20-7-3-1-4-8-20)30(34)33-22-12-14-24(15-13-22)35-23-9-5-2-6-10-23;3-2(4,5)1(6)7/h1-16,18-19,26H,17H2,(H3,31,32)(H,33,34);(H,6,7). The molecule has 0 radical (unpaired) electrons. The van der Waals surface area contributed by atoms with Gasteiger partial charge in [-0.05, 0) is 82.9 Å². The Bertz CT molecular complexity index is 1710. The van der Waals surface area contributed by atoms with Gasteiger partial charge in [0.25, 0.3) is 0 Å². The van der Waals surface area contributed by atoms with Crippen molar-refractivity contribution in [3.8, 4) is 11.5 Å². The van der Waals surface area contributed by atoms with Crippen LogP contribution in [0.3, 0.4) is 0 Å². The lowest BCUT2D eigenvalue weighted by Crippen LogP contribution is -2.23. The van der Waals surface area contributed by atoms with E-state index in [1.165, 1.54) is 0 Å². The summed E-state index contributed by atoms with van der Waals surface area (Å²) in [6, 6.07) is 32.7. The molecule has 11 heteroatoms. The molecular weight excluding hydrogens is 579 g/mol. The number of halogens is 3. The number of nitrogens with two attached hydrogens (primary N) is 1. The van der Waals surface area contributed by atoms with E-state index in [1.807, 2.05) is 109 Å². The number of nitrogens with one attached hydrogen (secondary N) is 2. The van der Waals surface area contributed by atoms with Crippen LogP contribution in [0.4, 0.5) is 18.9 Å². The molecule has 5 N–H and O–H groups in total. The Labute approximate surface area is 248 Å². The van der Waals surface area contributed by atoms with Gasteiger partial charge < -0.3 is 20.9 Å². The number of anilines is 1. The van der Waals surface area contributed by atoms with Gasteiger partial charge >= 0.3 is 12.1 Å². The number of hydrogen-bond acceptors (Lipinski definition) is 5. The van der Waals surface area contributed by atoms with Crippen molar-refractivity contribution in [1.82, 2.24) is 0 Å². The summed E-state index contributed by atoms with van der Waals surface area (Å²) in [5.41, 5.74) is 9.10. The molecule has 43 heavy (non-hydrogen) atoms. The monoisotopic (exact) mass is 605 g/mol. The number of benzene rings is 4. The topological polar surface area (TPSA) is 126 Å². The quantitative estimate of drug-likeness (QED) is 0.107. The fourth-order valence-electron chi connectivity index (χ4n) is 4.14. The molecule has 7 nitrogen and oxygen atoms in total. The summed E-state index contributed by atoms with van der Waals surface area (Å²) in [6.45, 7) is 0. The molecule has 0 aliphatic carbocycles. The number of hydrogen-bond donors (Lipinski definition) is 4. The number of carbonyl (C=O) groups is 2. The molecule has 1 heterocycles. The third-order valence-corrected chi connectivity index (χ3v) is 7.21. The molecule has 4 aromatic carbocycles. The summed E-state index contributed by atoms with van der Waals surface area (Å²) >= 11 is 1.59. The average Bonchev–Trinajstić information content (AvgIpc) is 3.41. The van der Waals surface area contributed by atoms with Crippen LogP contribution in [0.1, 0.15) is 22.6 Å². The molecule has 1 amide bonds. The number of amidine groups is 1. The minimum absolute atomic E-state index is 0.0101. The first-order valence-corrected chi connectivity index (χ1v) is 13.7. The molecule has 0 aliphatic heterocycles. The van der Waals surface area contributed by atoms with Gasteiger partial charge in [-0.25, -0.2) is 4.79 Å². The highest BCUT2D eigenvalue weighted by molar-refractivity contribution is 7.17. The second kappa shape index (κ2) is 13.7. The fraction of sp³-hybridized carbons (Fsp3) is 0.0938. The summed E-state index contributed by atoms with van der Waals surface area (Å²) in [4.78, 5) is 22.5. The van der Waals surface area contributed by atoms with Crippen LogP contribution in [0.15, 0.2) is 109 Å². The van der Waals surface area contributed by atoms with Gasteiger partial charge in [0, 0.05) is 16.0 Å². The predicted molar refractivity (Wildman–Crippen MR) is 161 cm³/mol. The lowest BCUT2D eigenvalue weighted by atomic mass is 9.90.